The standard InChI is InChI=1S/C12H15ClFNO2S/c13-10-4-8-9(18-10)3-7(6-16)17-12(8)1-2-15-11(14)5-12/h4,7,11,15-16H,1-3,5-6H2/t7?,11-,12?/m1/s1. The lowest BCUT2D eigenvalue weighted by molar-refractivity contribution is -0.153. The highest BCUT2D eigenvalue weighted by atomic mass is 35.5. The molecule has 2 aliphatic rings. The molecule has 3 nitrogen and oxygen atoms in total. The molecule has 2 unspecified atom stereocenters. The van der Waals surface area contributed by atoms with Gasteiger partial charge in [0.2, 0.25) is 0 Å². The Bertz CT molecular complexity index is 455. The monoisotopic (exact) mass is 291 g/mol. The summed E-state index contributed by atoms with van der Waals surface area (Å²) in [6.45, 7) is 0.535. The Morgan fingerprint density at radius 3 is 3.22 bits per heavy atom. The SMILES string of the molecule is OCC1Cc2sc(Cl)cc2C2(CCN[C@@H](F)C2)O1. The first kappa shape index (κ1) is 12.8. The van der Waals surface area contributed by atoms with E-state index in [1.54, 1.807) is 0 Å². The van der Waals surface area contributed by atoms with Crippen LogP contribution in [-0.2, 0) is 16.8 Å². The largest absolute Gasteiger partial charge is 0.394 e. The van der Waals surface area contributed by atoms with E-state index in [1.807, 2.05) is 6.07 Å². The van der Waals surface area contributed by atoms with Gasteiger partial charge in [0.15, 0.2) is 6.30 Å². The van der Waals surface area contributed by atoms with E-state index in [0.717, 1.165) is 10.4 Å². The van der Waals surface area contributed by atoms with Gasteiger partial charge in [0, 0.05) is 24.3 Å². The second-order valence-corrected chi connectivity index (χ2v) is 6.65. The first-order valence-electron chi connectivity index (χ1n) is 6.08. The minimum Gasteiger partial charge on any atom is -0.394 e. The Balaban J connectivity index is 2.01. The number of halogens is 2. The molecule has 3 atom stereocenters. The van der Waals surface area contributed by atoms with Crippen molar-refractivity contribution < 1.29 is 14.2 Å². The van der Waals surface area contributed by atoms with Crippen molar-refractivity contribution >= 4 is 22.9 Å². The maximum absolute atomic E-state index is 13.7. The van der Waals surface area contributed by atoms with Crippen LogP contribution in [0.2, 0.25) is 4.34 Å². The van der Waals surface area contributed by atoms with Crippen molar-refractivity contribution in [2.75, 3.05) is 13.2 Å². The highest BCUT2D eigenvalue weighted by Gasteiger charge is 2.45. The van der Waals surface area contributed by atoms with Crippen molar-refractivity contribution in [2.45, 2.75) is 37.3 Å². The smallest absolute Gasteiger partial charge is 0.154 e. The number of ether oxygens (including phenoxy) is 1. The third-order valence-electron chi connectivity index (χ3n) is 3.68. The zero-order valence-corrected chi connectivity index (χ0v) is 11.4. The number of nitrogens with one attached hydrogen (secondary N) is 1. The van der Waals surface area contributed by atoms with Crippen LogP contribution >= 0.6 is 22.9 Å². The van der Waals surface area contributed by atoms with Gasteiger partial charge in [-0.2, -0.15) is 0 Å². The van der Waals surface area contributed by atoms with Crippen molar-refractivity contribution in [1.29, 1.82) is 0 Å². The van der Waals surface area contributed by atoms with Crippen molar-refractivity contribution in [3.63, 3.8) is 0 Å². The molecule has 0 saturated carbocycles. The average molecular weight is 292 g/mol. The molecule has 3 heterocycles. The zero-order valence-electron chi connectivity index (χ0n) is 9.79. The van der Waals surface area contributed by atoms with Crippen molar-refractivity contribution in [3.8, 4) is 0 Å². The van der Waals surface area contributed by atoms with Gasteiger partial charge in [-0.25, -0.2) is 4.39 Å². The van der Waals surface area contributed by atoms with Gasteiger partial charge in [0.05, 0.1) is 17.0 Å². The fourth-order valence-electron chi connectivity index (χ4n) is 2.91. The summed E-state index contributed by atoms with van der Waals surface area (Å²) in [6.07, 6.45) is 0.336. The van der Waals surface area contributed by atoms with Crippen LogP contribution in [-0.4, -0.2) is 30.7 Å². The Hall–Kier alpha value is -0.200. The number of fused-ring (bicyclic) bond motifs is 2. The summed E-state index contributed by atoms with van der Waals surface area (Å²) in [7, 11) is 0. The summed E-state index contributed by atoms with van der Waals surface area (Å²) < 4.78 is 20.4. The van der Waals surface area contributed by atoms with E-state index >= 15 is 0 Å². The van der Waals surface area contributed by atoms with Crippen LogP contribution in [0, 0.1) is 0 Å². The van der Waals surface area contributed by atoms with E-state index in [1.165, 1.54) is 11.3 Å². The molecule has 0 amide bonds. The van der Waals surface area contributed by atoms with Crippen LogP contribution in [0.4, 0.5) is 4.39 Å². The predicted octanol–water partition coefficient (Wildman–Crippen LogP) is 2.21. The highest BCUT2D eigenvalue weighted by molar-refractivity contribution is 7.16. The first-order valence-corrected chi connectivity index (χ1v) is 7.27. The second-order valence-electron chi connectivity index (χ2n) is 4.88. The van der Waals surface area contributed by atoms with E-state index in [9.17, 15) is 9.50 Å². The van der Waals surface area contributed by atoms with Crippen LogP contribution in [0.15, 0.2) is 6.07 Å². The van der Waals surface area contributed by atoms with Crippen LogP contribution in [0.1, 0.15) is 23.3 Å². The Morgan fingerprint density at radius 2 is 2.50 bits per heavy atom. The van der Waals surface area contributed by atoms with Gasteiger partial charge in [-0.15, -0.1) is 11.3 Å². The minimum atomic E-state index is -1.07. The molecule has 18 heavy (non-hydrogen) atoms. The molecule has 1 aromatic rings. The first-order chi connectivity index (χ1) is 8.63. The second kappa shape index (κ2) is 4.72. The molecule has 0 aromatic carbocycles. The maximum atomic E-state index is 13.7. The zero-order chi connectivity index (χ0) is 12.8. The number of piperidine rings is 1. The molecule has 0 aliphatic carbocycles. The Labute approximate surface area is 114 Å². The molecule has 6 heteroatoms. The van der Waals surface area contributed by atoms with Gasteiger partial charge in [0.25, 0.3) is 0 Å². The van der Waals surface area contributed by atoms with Gasteiger partial charge < -0.3 is 9.84 Å². The normalized spacial score (nSPS) is 35.7. The third-order valence-corrected chi connectivity index (χ3v) is 4.97. The summed E-state index contributed by atoms with van der Waals surface area (Å²) in [5.41, 5.74) is 0.404. The van der Waals surface area contributed by atoms with Crippen molar-refractivity contribution in [1.82, 2.24) is 5.32 Å². The van der Waals surface area contributed by atoms with Crippen molar-refractivity contribution in [3.05, 3.63) is 20.8 Å². The van der Waals surface area contributed by atoms with Crippen LogP contribution < -0.4 is 5.32 Å². The Kier molecular flexibility index (Phi) is 3.36. The molecule has 1 saturated heterocycles. The number of hydrogen-bond acceptors (Lipinski definition) is 4. The number of thiophene rings is 1. The van der Waals surface area contributed by atoms with Crippen LogP contribution in [0.25, 0.3) is 0 Å². The number of aliphatic hydroxyl groups excluding tert-OH is 1. The topological polar surface area (TPSA) is 41.5 Å². The van der Waals surface area contributed by atoms with Gasteiger partial charge in [-0.1, -0.05) is 11.6 Å². The van der Waals surface area contributed by atoms with Gasteiger partial charge in [0.1, 0.15) is 5.60 Å². The van der Waals surface area contributed by atoms with E-state index < -0.39 is 11.9 Å². The summed E-state index contributed by atoms with van der Waals surface area (Å²) in [6, 6.07) is 1.90. The molecule has 3 rings (SSSR count). The number of rotatable bonds is 1. The molecule has 0 radical (unpaired) electrons. The molecular formula is C12H15ClFNO2S. The summed E-state index contributed by atoms with van der Waals surface area (Å²) in [4.78, 5) is 1.12. The Morgan fingerprint density at radius 1 is 1.67 bits per heavy atom. The van der Waals surface area contributed by atoms with Crippen molar-refractivity contribution in [2.24, 2.45) is 0 Å². The molecule has 1 fully saturated rings. The van der Waals surface area contributed by atoms with Crippen LogP contribution in [0.5, 0.6) is 0 Å². The van der Waals surface area contributed by atoms with Gasteiger partial charge in [-0.3, -0.25) is 5.32 Å². The quantitative estimate of drug-likeness (QED) is 0.780. The molecule has 2 N–H and O–H groups in total. The molecule has 1 spiro atoms. The maximum Gasteiger partial charge on any atom is 0.154 e. The lowest BCUT2D eigenvalue weighted by atomic mass is 9.81. The molecule has 100 valence electrons. The summed E-state index contributed by atoms with van der Waals surface area (Å²) in [5, 5.41) is 12.1. The number of aliphatic hydroxyl groups is 1. The lowest BCUT2D eigenvalue weighted by Crippen LogP contribution is -2.50. The van der Waals surface area contributed by atoms with E-state index in [0.29, 0.717) is 23.7 Å². The van der Waals surface area contributed by atoms with Crippen LogP contribution in [0.3, 0.4) is 0 Å². The molecular weight excluding hydrogens is 277 g/mol. The number of alkyl halides is 1. The fraction of sp³-hybridized carbons (Fsp3) is 0.667. The third kappa shape index (κ3) is 2.08. The minimum absolute atomic E-state index is 0.0406. The molecule has 0 bridgehead atoms. The lowest BCUT2D eigenvalue weighted by Gasteiger charge is -2.44. The fourth-order valence-corrected chi connectivity index (χ4v) is 4.34. The predicted molar refractivity (Wildman–Crippen MR) is 68.8 cm³/mol. The van der Waals surface area contributed by atoms with E-state index in [-0.39, 0.29) is 19.1 Å². The van der Waals surface area contributed by atoms with Gasteiger partial charge >= 0.3 is 0 Å². The molecule has 2 aliphatic heterocycles. The molecule has 1 aromatic heterocycles. The van der Waals surface area contributed by atoms with E-state index in [4.69, 9.17) is 16.3 Å². The summed E-state index contributed by atoms with van der Waals surface area (Å²) in [5.74, 6) is 0. The average Bonchev–Trinajstić information content (AvgIpc) is 2.70. The van der Waals surface area contributed by atoms with E-state index in [2.05, 4.69) is 5.32 Å². The van der Waals surface area contributed by atoms with Gasteiger partial charge in [-0.05, 0) is 18.1 Å². The number of hydrogen-bond donors (Lipinski definition) is 2. The highest BCUT2D eigenvalue weighted by Crippen LogP contribution is 2.47. The summed E-state index contributed by atoms with van der Waals surface area (Å²) >= 11 is 7.58.